The summed E-state index contributed by atoms with van der Waals surface area (Å²) in [6.07, 6.45) is 3.59. The number of rotatable bonds is 6. The number of hydrogen-bond acceptors (Lipinski definition) is 3. The second-order valence-electron chi connectivity index (χ2n) is 8.05. The van der Waals surface area contributed by atoms with Crippen molar-refractivity contribution >= 4 is 33.9 Å². The van der Waals surface area contributed by atoms with Gasteiger partial charge in [-0.05, 0) is 25.1 Å². The molecule has 0 bridgehead atoms. The highest BCUT2D eigenvalue weighted by Crippen LogP contribution is 2.26. The summed E-state index contributed by atoms with van der Waals surface area (Å²) in [5, 5.41) is 6.20. The van der Waals surface area contributed by atoms with Gasteiger partial charge in [-0.25, -0.2) is 10.4 Å². The Morgan fingerprint density at radius 1 is 1.00 bits per heavy atom. The molecular weight excluding hydrogens is 420 g/mol. The Bertz CT molecular complexity index is 1550. The van der Waals surface area contributed by atoms with Crippen molar-refractivity contribution < 1.29 is 4.79 Å². The molecule has 0 atom stereocenters. The summed E-state index contributed by atoms with van der Waals surface area (Å²) in [5.41, 5.74) is 8.88. The summed E-state index contributed by atoms with van der Waals surface area (Å²) in [5.74, 6) is -0.278. The van der Waals surface area contributed by atoms with E-state index in [9.17, 15) is 4.79 Å². The van der Waals surface area contributed by atoms with E-state index in [1.807, 2.05) is 78.9 Å². The Morgan fingerprint density at radius 3 is 2.50 bits per heavy atom. The van der Waals surface area contributed by atoms with Gasteiger partial charge in [0.1, 0.15) is 0 Å². The SMILES string of the molecule is C=CCn1c(C)c(/C=N/NC(=O)c2cc(-c3ccccc3)nc3ccccc23)c2ccccc21. The number of hydrazone groups is 1. The van der Waals surface area contributed by atoms with Gasteiger partial charge in [-0.15, -0.1) is 6.58 Å². The molecule has 0 spiro atoms. The predicted octanol–water partition coefficient (Wildman–Crippen LogP) is 6.11. The van der Waals surface area contributed by atoms with Gasteiger partial charge in [-0.1, -0.05) is 72.8 Å². The van der Waals surface area contributed by atoms with Crippen molar-refractivity contribution in [3.8, 4) is 11.3 Å². The second-order valence-corrected chi connectivity index (χ2v) is 8.05. The first kappa shape index (κ1) is 21.3. The molecule has 166 valence electrons. The third-order valence-electron chi connectivity index (χ3n) is 5.98. The highest BCUT2D eigenvalue weighted by Gasteiger charge is 2.14. The summed E-state index contributed by atoms with van der Waals surface area (Å²) < 4.78 is 2.19. The van der Waals surface area contributed by atoms with Gasteiger partial charge in [0.05, 0.1) is 23.0 Å². The molecule has 5 nitrogen and oxygen atoms in total. The van der Waals surface area contributed by atoms with Gasteiger partial charge in [0.15, 0.2) is 0 Å². The maximum atomic E-state index is 13.2. The largest absolute Gasteiger partial charge is 0.340 e. The third-order valence-corrected chi connectivity index (χ3v) is 5.98. The van der Waals surface area contributed by atoms with Crippen LogP contribution in [0.15, 0.2) is 103 Å². The fraction of sp³-hybridized carbons (Fsp3) is 0.0690. The summed E-state index contributed by atoms with van der Waals surface area (Å²) in [6, 6.07) is 27.5. The molecule has 0 saturated carbocycles. The maximum Gasteiger partial charge on any atom is 0.272 e. The monoisotopic (exact) mass is 444 g/mol. The van der Waals surface area contributed by atoms with Crippen molar-refractivity contribution in [1.82, 2.24) is 15.0 Å². The summed E-state index contributed by atoms with van der Waals surface area (Å²) in [7, 11) is 0. The van der Waals surface area contributed by atoms with E-state index in [4.69, 9.17) is 4.98 Å². The van der Waals surface area contributed by atoms with Crippen LogP contribution >= 0.6 is 0 Å². The van der Waals surface area contributed by atoms with Gasteiger partial charge in [-0.2, -0.15) is 5.10 Å². The van der Waals surface area contributed by atoms with Crippen LogP contribution in [0.3, 0.4) is 0 Å². The van der Waals surface area contributed by atoms with Crippen molar-refractivity contribution in [3.05, 3.63) is 114 Å². The molecule has 0 aliphatic heterocycles. The number of carbonyl (C=O) groups excluding carboxylic acids is 1. The molecule has 0 aliphatic rings. The molecule has 5 aromatic rings. The molecule has 0 saturated heterocycles. The molecule has 1 amide bonds. The Morgan fingerprint density at radius 2 is 1.71 bits per heavy atom. The normalized spacial score (nSPS) is 11.3. The fourth-order valence-corrected chi connectivity index (χ4v) is 4.32. The smallest absolute Gasteiger partial charge is 0.272 e. The number of fused-ring (bicyclic) bond motifs is 2. The topological polar surface area (TPSA) is 59.3 Å². The minimum absolute atomic E-state index is 0.278. The Hall–Kier alpha value is -4.51. The standard InChI is InChI=1S/C29H24N4O/c1-3-17-33-20(2)25(23-14-8-10-16-28(23)33)19-30-32-29(34)24-18-27(21-11-5-4-6-12-21)31-26-15-9-7-13-22(24)26/h3-16,18-19H,1,17H2,2H3,(H,32,34)/b30-19+. The number of nitrogens with zero attached hydrogens (tertiary/aromatic N) is 3. The van der Waals surface area contributed by atoms with Crippen LogP contribution in [0.25, 0.3) is 33.1 Å². The van der Waals surface area contributed by atoms with Gasteiger partial charge in [0.25, 0.3) is 5.91 Å². The number of amides is 1. The molecule has 3 aromatic carbocycles. The van der Waals surface area contributed by atoms with Crippen LogP contribution < -0.4 is 5.43 Å². The van der Waals surface area contributed by atoms with E-state index >= 15 is 0 Å². The second kappa shape index (κ2) is 9.16. The van der Waals surface area contributed by atoms with E-state index in [-0.39, 0.29) is 5.91 Å². The summed E-state index contributed by atoms with van der Waals surface area (Å²) >= 11 is 0. The molecule has 5 heteroatoms. The highest BCUT2D eigenvalue weighted by molar-refractivity contribution is 6.08. The molecule has 0 aliphatic carbocycles. The number of aromatic nitrogens is 2. The third kappa shape index (κ3) is 3.88. The number of benzene rings is 3. The lowest BCUT2D eigenvalue weighted by Gasteiger charge is -2.09. The van der Waals surface area contributed by atoms with Crippen LogP contribution in [-0.4, -0.2) is 21.7 Å². The highest BCUT2D eigenvalue weighted by atomic mass is 16.2. The minimum atomic E-state index is -0.278. The molecule has 2 heterocycles. The van der Waals surface area contributed by atoms with E-state index in [0.29, 0.717) is 12.1 Å². The zero-order chi connectivity index (χ0) is 23.5. The van der Waals surface area contributed by atoms with Crippen molar-refractivity contribution in [2.45, 2.75) is 13.5 Å². The summed E-state index contributed by atoms with van der Waals surface area (Å²) in [4.78, 5) is 18.0. The van der Waals surface area contributed by atoms with Gasteiger partial charge < -0.3 is 4.57 Å². The average Bonchev–Trinajstić information content (AvgIpc) is 3.15. The zero-order valence-electron chi connectivity index (χ0n) is 18.9. The lowest BCUT2D eigenvalue weighted by molar-refractivity contribution is 0.0956. The Labute approximate surface area is 198 Å². The molecule has 1 N–H and O–H groups in total. The predicted molar refractivity (Wildman–Crippen MR) is 139 cm³/mol. The lowest BCUT2D eigenvalue weighted by atomic mass is 10.0. The van der Waals surface area contributed by atoms with E-state index in [1.54, 1.807) is 6.21 Å². The van der Waals surface area contributed by atoms with Crippen LogP contribution in [0, 0.1) is 6.92 Å². The van der Waals surface area contributed by atoms with Gasteiger partial charge >= 0.3 is 0 Å². The Balaban J connectivity index is 1.50. The van der Waals surface area contributed by atoms with E-state index in [1.165, 1.54) is 0 Å². The van der Waals surface area contributed by atoms with Crippen LogP contribution in [0.2, 0.25) is 0 Å². The number of allylic oxidation sites excluding steroid dienone is 1. The zero-order valence-corrected chi connectivity index (χ0v) is 18.9. The van der Waals surface area contributed by atoms with Crippen molar-refractivity contribution in [1.29, 1.82) is 0 Å². The molecular formula is C29H24N4O. The molecule has 34 heavy (non-hydrogen) atoms. The van der Waals surface area contributed by atoms with Crippen molar-refractivity contribution in [2.75, 3.05) is 0 Å². The fourth-order valence-electron chi connectivity index (χ4n) is 4.32. The molecule has 0 radical (unpaired) electrons. The number of hydrogen-bond donors (Lipinski definition) is 1. The first-order valence-electron chi connectivity index (χ1n) is 11.1. The molecule has 0 fully saturated rings. The Kier molecular flexibility index (Phi) is 5.75. The van der Waals surface area contributed by atoms with E-state index < -0.39 is 0 Å². The van der Waals surface area contributed by atoms with Crippen LogP contribution in [-0.2, 0) is 6.54 Å². The number of carbonyl (C=O) groups is 1. The van der Waals surface area contributed by atoms with E-state index in [0.717, 1.165) is 44.3 Å². The molecule has 5 rings (SSSR count). The minimum Gasteiger partial charge on any atom is -0.340 e. The summed E-state index contributed by atoms with van der Waals surface area (Å²) in [6.45, 7) is 6.63. The molecule has 0 unspecified atom stereocenters. The van der Waals surface area contributed by atoms with Crippen LogP contribution in [0.4, 0.5) is 0 Å². The van der Waals surface area contributed by atoms with Crippen molar-refractivity contribution in [2.24, 2.45) is 5.10 Å². The quantitative estimate of drug-likeness (QED) is 0.195. The van der Waals surface area contributed by atoms with E-state index in [2.05, 4.69) is 40.7 Å². The number of para-hydroxylation sites is 2. The van der Waals surface area contributed by atoms with Crippen molar-refractivity contribution in [3.63, 3.8) is 0 Å². The first-order chi connectivity index (χ1) is 16.7. The number of nitrogens with one attached hydrogen (secondary N) is 1. The van der Waals surface area contributed by atoms with Gasteiger partial charge in [-0.3, -0.25) is 4.79 Å². The number of pyridine rings is 1. The van der Waals surface area contributed by atoms with Crippen LogP contribution in [0.1, 0.15) is 21.6 Å². The lowest BCUT2D eigenvalue weighted by Crippen LogP contribution is -2.18. The maximum absolute atomic E-state index is 13.2. The van der Waals surface area contributed by atoms with Gasteiger partial charge in [0.2, 0.25) is 0 Å². The molecule has 2 aromatic heterocycles. The van der Waals surface area contributed by atoms with Crippen LogP contribution in [0.5, 0.6) is 0 Å². The average molecular weight is 445 g/mol. The first-order valence-corrected chi connectivity index (χ1v) is 11.1. The van der Waals surface area contributed by atoms with Gasteiger partial charge in [0, 0.05) is 39.7 Å².